The molecule has 2 fully saturated rings. The van der Waals surface area contributed by atoms with Gasteiger partial charge in [0.1, 0.15) is 0 Å². The second-order valence-corrected chi connectivity index (χ2v) is 4.09. The molecule has 4 nitrogen and oxygen atoms in total. The molecule has 1 saturated heterocycles. The maximum absolute atomic E-state index is 11.4. The molecule has 0 radical (unpaired) electrons. The number of aliphatic hydroxyl groups excluding tert-OH is 1. The van der Waals surface area contributed by atoms with Crippen LogP contribution in [0.4, 0.5) is 0 Å². The number of aliphatic hydroxyl groups is 2. The Morgan fingerprint density at radius 2 is 2.31 bits per heavy atom. The lowest BCUT2D eigenvalue weighted by atomic mass is 9.83. The van der Waals surface area contributed by atoms with Crippen molar-refractivity contribution < 1.29 is 19.7 Å². The van der Waals surface area contributed by atoms with Gasteiger partial charge in [0.15, 0.2) is 5.60 Å². The van der Waals surface area contributed by atoms with Crippen LogP contribution in [0.25, 0.3) is 0 Å². The number of esters is 1. The van der Waals surface area contributed by atoms with Crippen molar-refractivity contribution in [3.05, 3.63) is 0 Å². The molecule has 13 heavy (non-hydrogen) atoms. The van der Waals surface area contributed by atoms with Crippen LogP contribution >= 0.6 is 0 Å². The number of hydrogen-bond acceptors (Lipinski definition) is 4. The normalized spacial score (nSPS) is 50.1. The van der Waals surface area contributed by atoms with E-state index in [1.807, 2.05) is 0 Å². The number of ether oxygens (including phenoxy) is 1. The van der Waals surface area contributed by atoms with Crippen LogP contribution in [0.5, 0.6) is 0 Å². The summed E-state index contributed by atoms with van der Waals surface area (Å²) in [4.78, 5) is 11.4. The van der Waals surface area contributed by atoms with Crippen LogP contribution in [0.2, 0.25) is 0 Å². The van der Waals surface area contributed by atoms with E-state index in [0.29, 0.717) is 19.3 Å². The first kappa shape index (κ1) is 8.97. The number of rotatable bonds is 0. The summed E-state index contributed by atoms with van der Waals surface area (Å²) in [6.07, 6.45) is 0.627. The highest BCUT2D eigenvalue weighted by Gasteiger charge is 2.56. The Hall–Kier alpha value is -0.610. The van der Waals surface area contributed by atoms with E-state index in [1.165, 1.54) is 0 Å². The third-order valence-electron chi connectivity index (χ3n) is 3.15. The fraction of sp³-hybridized carbons (Fsp3) is 0.889. The molecular formula is C9H14O4. The summed E-state index contributed by atoms with van der Waals surface area (Å²) in [5, 5.41) is 19.5. The van der Waals surface area contributed by atoms with Crippen LogP contribution in [0.15, 0.2) is 0 Å². The molecule has 2 rings (SSSR count). The summed E-state index contributed by atoms with van der Waals surface area (Å²) in [5.41, 5.74) is -1.41. The molecule has 0 amide bonds. The van der Waals surface area contributed by atoms with Crippen LogP contribution in [0.1, 0.15) is 26.2 Å². The van der Waals surface area contributed by atoms with E-state index >= 15 is 0 Å². The van der Waals surface area contributed by atoms with E-state index in [-0.39, 0.29) is 12.0 Å². The van der Waals surface area contributed by atoms with E-state index < -0.39 is 17.7 Å². The molecule has 2 aliphatic rings. The molecule has 0 aromatic carbocycles. The number of carbonyl (C=O) groups excluding carboxylic acids is 1. The average molecular weight is 186 g/mol. The van der Waals surface area contributed by atoms with Gasteiger partial charge in [-0.15, -0.1) is 0 Å². The molecule has 1 heterocycles. The van der Waals surface area contributed by atoms with Gasteiger partial charge in [0, 0.05) is 5.92 Å². The molecule has 0 aromatic heterocycles. The summed E-state index contributed by atoms with van der Waals surface area (Å²) in [5.74, 6) is -0.892. The highest BCUT2D eigenvalue weighted by atomic mass is 16.6. The lowest BCUT2D eigenvalue weighted by molar-refractivity contribution is -0.191. The van der Waals surface area contributed by atoms with Crippen LogP contribution in [-0.2, 0) is 9.53 Å². The van der Waals surface area contributed by atoms with Gasteiger partial charge in [-0.1, -0.05) is 0 Å². The van der Waals surface area contributed by atoms with Crippen molar-refractivity contribution >= 4 is 5.97 Å². The Balaban J connectivity index is 2.26. The van der Waals surface area contributed by atoms with E-state index in [1.54, 1.807) is 6.92 Å². The van der Waals surface area contributed by atoms with Crippen molar-refractivity contribution in [1.82, 2.24) is 0 Å². The molecule has 1 aliphatic carbocycles. The van der Waals surface area contributed by atoms with Gasteiger partial charge < -0.3 is 14.9 Å². The van der Waals surface area contributed by atoms with Gasteiger partial charge in [0.05, 0.1) is 12.2 Å². The van der Waals surface area contributed by atoms with Crippen molar-refractivity contribution in [2.75, 3.05) is 0 Å². The molecular weight excluding hydrogens is 172 g/mol. The summed E-state index contributed by atoms with van der Waals surface area (Å²) in [6.45, 7) is 1.78. The maximum Gasteiger partial charge on any atom is 0.338 e. The minimum Gasteiger partial charge on any atom is -0.461 e. The molecule has 4 heteroatoms. The third-order valence-corrected chi connectivity index (χ3v) is 3.15. The third kappa shape index (κ3) is 1.16. The summed E-state index contributed by atoms with van der Waals surface area (Å²) >= 11 is 0. The highest BCUT2D eigenvalue weighted by Crippen LogP contribution is 2.43. The Bertz CT molecular complexity index is 240. The van der Waals surface area contributed by atoms with Crippen LogP contribution < -0.4 is 0 Å². The second-order valence-electron chi connectivity index (χ2n) is 4.09. The van der Waals surface area contributed by atoms with Gasteiger partial charge in [-0.3, -0.25) is 0 Å². The van der Waals surface area contributed by atoms with E-state index in [2.05, 4.69) is 0 Å². The van der Waals surface area contributed by atoms with E-state index in [9.17, 15) is 15.0 Å². The molecule has 0 spiro atoms. The largest absolute Gasteiger partial charge is 0.461 e. The number of hydrogen-bond donors (Lipinski definition) is 2. The number of carbonyl (C=O) groups is 1. The van der Waals surface area contributed by atoms with Gasteiger partial charge in [0.2, 0.25) is 0 Å². The summed E-state index contributed by atoms with van der Waals surface area (Å²) in [6, 6.07) is 0. The van der Waals surface area contributed by atoms with Crippen LogP contribution in [0.3, 0.4) is 0 Å². The standard InChI is InChI=1S/C9H14O4/c1-5-4-6-7(10)2-3-9(6,12)8(11)13-5/h5-7,10,12H,2-4H2,1H3/t5-,6+,7-,9-/m1/s1. The SMILES string of the molecule is C[C@@H]1C[C@H]2[C@H](O)CC[C@]2(O)C(=O)O1. The van der Waals surface area contributed by atoms with Gasteiger partial charge in [-0.25, -0.2) is 4.79 Å². The molecule has 2 N–H and O–H groups in total. The Morgan fingerprint density at radius 1 is 1.62 bits per heavy atom. The summed E-state index contributed by atoms with van der Waals surface area (Å²) in [7, 11) is 0. The van der Waals surface area contributed by atoms with Crippen molar-refractivity contribution in [2.45, 2.75) is 44.0 Å². The fourth-order valence-electron chi connectivity index (χ4n) is 2.37. The topological polar surface area (TPSA) is 66.8 Å². The minimum absolute atomic E-state index is 0.189. The molecule has 0 aromatic rings. The number of fused-ring (bicyclic) bond motifs is 1. The zero-order chi connectivity index (χ0) is 9.64. The average Bonchev–Trinajstić information content (AvgIpc) is 2.33. The molecule has 1 saturated carbocycles. The van der Waals surface area contributed by atoms with E-state index in [0.717, 1.165) is 0 Å². The Kier molecular flexibility index (Phi) is 1.85. The minimum atomic E-state index is -1.41. The first-order chi connectivity index (χ1) is 6.04. The first-order valence-electron chi connectivity index (χ1n) is 4.65. The lowest BCUT2D eigenvalue weighted by Crippen LogP contribution is -2.52. The Morgan fingerprint density at radius 3 is 3.00 bits per heavy atom. The van der Waals surface area contributed by atoms with Crippen molar-refractivity contribution in [2.24, 2.45) is 5.92 Å². The van der Waals surface area contributed by atoms with Gasteiger partial charge >= 0.3 is 5.97 Å². The lowest BCUT2D eigenvalue weighted by Gasteiger charge is -2.36. The molecule has 4 atom stereocenters. The predicted molar refractivity (Wildman–Crippen MR) is 43.9 cm³/mol. The van der Waals surface area contributed by atoms with E-state index in [4.69, 9.17) is 4.74 Å². The molecule has 0 bridgehead atoms. The second kappa shape index (κ2) is 2.69. The molecule has 74 valence electrons. The monoisotopic (exact) mass is 186 g/mol. The van der Waals surface area contributed by atoms with Gasteiger partial charge in [0.25, 0.3) is 0 Å². The van der Waals surface area contributed by atoms with Crippen molar-refractivity contribution in [3.63, 3.8) is 0 Å². The zero-order valence-corrected chi connectivity index (χ0v) is 7.56. The smallest absolute Gasteiger partial charge is 0.338 e. The first-order valence-corrected chi connectivity index (χ1v) is 4.65. The van der Waals surface area contributed by atoms with Crippen LogP contribution in [0, 0.1) is 5.92 Å². The number of cyclic esters (lactones) is 1. The molecule has 1 aliphatic heterocycles. The Labute approximate surface area is 76.5 Å². The summed E-state index contributed by atoms with van der Waals surface area (Å²) < 4.78 is 4.95. The highest BCUT2D eigenvalue weighted by molar-refractivity contribution is 5.81. The zero-order valence-electron chi connectivity index (χ0n) is 7.56. The van der Waals surface area contributed by atoms with Gasteiger partial charge in [-0.2, -0.15) is 0 Å². The van der Waals surface area contributed by atoms with Crippen molar-refractivity contribution in [3.8, 4) is 0 Å². The molecule has 0 unspecified atom stereocenters. The predicted octanol–water partition coefficient (Wildman–Crippen LogP) is -0.176. The fourth-order valence-corrected chi connectivity index (χ4v) is 2.37. The van der Waals surface area contributed by atoms with Crippen LogP contribution in [-0.4, -0.2) is 34.0 Å². The van der Waals surface area contributed by atoms with Crippen molar-refractivity contribution in [1.29, 1.82) is 0 Å². The maximum atomic E-state index is 11.4. The quantitative estimate of drug-likeness (QED) is 0.515. The van der Waals surface area contributed by atoms with Gasteiger partial charge in [-0.05, 0) is 26.2 Å².